The van der Waals surface area contributed by atoms with Gasteiger partial charge in [0.05, 0.1) is 11.4 Å². The molecular weight excluding hydrogens is 388 g/mol. The average Bonchev–Trinajstić information content (AvgIpc) is 3.09. The predicted molar refractivity (Wildman–Crippen MR) is 122 cm³/mol. The van der Waals surface area contributed by atoms with Crippen LogP contribution in [0.4, 0.5) is 16.3 Å². The fraction of sp³-hybridized carbons (Fsp3) is 0.200. The summed E-state index contributed by atoms with van der Waals surface area (Å²) in [6.45, 7) is 2.51. The van der Waals surface area contributed by atoms with Gasteiger partial charge in [-0.15, -0.1) is 0 Å². The summed E-state index contributed by atoms with van der Waals surface area (Å²) in [4.78, 5) is 16.3. The van der Waals surface area contributed by atoms with Crippen LogP contribution in [0.5, 0.6) is 0 Å². The van der Waals surface area contributed by atoms with Crippen molar-refractivity contribution in [3.63, 3.8) is 0 Å². The zero-order valence-electron chi connectivity index (χ0n) is 17.3. The lowest BCUT2D eigenvalue weighted by Crippen LogP contribution is -2.26. The Hall–Kier alpha value is -3.98. The number of ether oxygens (including phenoxy) is 1. The van der Waals surface area contributed by atoms with Gasteiger partial charge in [-0.25, -0.2) is 9.78 Å². The molecule has 3 aromatic rings. The van der Waals surface area contributed by atoms with Gasteiger partial charge in [-0.1, -0.05) is 60.4 Å². The zero-order valence-corrected chi connectivity index (χ0v) is 17.3. The Kier molecular flexibility index (Phi) is 5.76. The van der Waals surface area contributed by atoms with E-state index in [1.165, 1.54) is 22.3 Å². The first-order valence-corrected chi connectivity index (χ1v) is 10.1. The number of nitrogens with one attached hydrogen (secondary N) is 1. The lowest BCUT2D eigenvalue weighted by Gasteiger charge is -2.14. The van der Waals surface area contributed by atoms with Crippen molar-refractivity contribution < 1.29 is 9.53 Å². The fourth-order valence-electron chi connectivity index (χ4n) is 3.80. The molecule has 5 N–H and O–H groups in total. The number of nitrogen functional groups attached to an aromatic ring is 2. The Morgan fingerprint density at radius 2 is 1.74 bits per heavy atom. The maximum Gasteiger partial charge on any atom is 0.407 e. The molecule has 2 aromatic carbocycles. The summed E-state index contributed by atoms with van der Waals surface area (Å²) in [6.07, 6.45) is 0.0340. The Balaban J connectivity index is 1.30. The van der Waals surface area contributed by atoms with Gasteiger partial charge in [0.1, 0.15) is 12.4 Å². The van der Waals surface area contributed by atoms with Crippen molar-refractivity contribution in [2.45, 2.75) is 19.3 Å². The summed E-state index contributed by atoms with van der Waals surface area (Å²) in [5, 5.41) is 2.75. The Bertz CT molecular complexity index is 1150. The van der Waals surface area contributed by atoms with E-state index < -0.39 is 6.09 Å². The molecule has 6 heteroatoms. The molecule has 1 aliphatic carbocycles. The van der Waals surface area contributed by atoms with E-state index in [1.807, 2.05) is 31.2 Å². The third-order valence-electron chi connectivity index (χ3n) is 5.36. The van der Waals surface area contributed by atoms with Gasteiger partial charge in [-0.2, -0.15) is 0 Å². The minimum Gasteiger partial charge on any atom is -0.449 e. The molecule has 0 saturated heterocycles. The number of benzene rings is 2. The van der Waals surface area contributed by atoms with Crippen LogP contribution < -0.4 is 16.8 Å². The number of pyridine rings is 1. The van der Waals surface area contributed by atoms with Crippen molar-refractivity contribution in [1.82, 2.24) is 10.3 Å². The zero-order chi connectivity index (χ0) is 21.8. The lowest BCUT2D eigenvalue weighted by atomic mass is 9.98. The number of hydrogen-bond donors (Lipinski definition) is 3. The van der Waals surface area contributed by atoms with Crippen molar-refractivity contribution in [3.8, 4) is 23.0 Å². The van der Waals surface area contributed by atoms with Crippen LogP contribution in [0.1, 0.15) is 34.7 Å². The van der Waals surface area contributed by atoms with Crippen molar-refractivity contribution in [3.05, 3.63) is 77.0 Å². The van der Waals surface area contributed by atoms with E-state index in [9.17, 15) is 4.79 Å². The second-order valence-electron chi connectivity index (χ2n) is 7.40. The highest BCUT2D eigenvalue weighted by Crippen LogP contribution is 2.44. The summed E-state index contributed by atoms with van der Waals surface area (Å²) >= 11 is 0. The largest absolute Gasteiger partial charge is 0.449 e. The lowest BCUT2D eigenvalue weighted by molar-refractivity contribution is 0.143. The molecule has 0 spiro atoms. The number of nitrogens with zero attached hydrogens (tertiary/aromatic N) is 1. The minimum absolute atomic E-state index is 0.0457. The predicted octanol–water partition coefficient (Wildman–Crippen LogP) is 3.83. The van der Waals surface area contributed by atoms with E-state index in [1.54, 1.807) is 6.07 Å². The molecule has 0 atom stereocenters. The Morgan fingerprint density at radius 3 is 2.42 bits per heavy atom. The van der Waals surface area contributed by atoms with Crippen molar-refractivity contribution >= 4 is 17.6 Å². The first kappa shape index (κ1) is 20.3. The summed E-state index contributed by atoms with van der Waals surface area (Å²) in [6, 6.07) is 18.2. The molecule has 1 heterocycles. The molecule has 6 nitrogen and oxygen atoms in total. The molecule has 1 aromatic heterocycles. The second kappa shape index (κ2) is 8.80. The van der Waals surface area contributed by atoms with Crippen molar-refractivity contribution in [2.24, 2.45) is 0 Å². The number of amides is 1. The summed E-state index contributed by atoms with van der Waals surface area (Å²) in [5.41, 5.74) is 18.1. The highest BCUT2D eigenvalue weighted by atomic mass is 16.5. The van der Waals surface area contributed by atoms with Crippen LogP contribution in [0.2, 0.25) is 0 Å². The third kappa shape index (κ3) is 4.31. The Labute approximate surface area is 181 Å². The molecule has 1 aliphatic rings. The number of anilines is 2. The maximum absolute atomic E-state index is 12.2. The third-order valence-corrected chi connectivity index (χ3v) is 5.36. The van der Waals surface area contributed by atoms with Crippen LogP contribution in [0.3, 0.4) is 0 Å². The Morgan fingerprint density at radius 1 is 1.10 bits per heavy atom. The SMILES string of the molecule is Cc1nc(N)c(N)cc1C#CCCNC(=O)OCC1c2ccccc2-c2ccccc21. The molecule has 0 aliphatic heterocycles. The molecule has 0 radical (unpaired) electrons. The summed E-state index contributed by atoms with van der Waals surface area (Å²) < 4.78 is 5.51. The van der Waals surface area contributed by atoms with E-state index in [2.05, 4.69) is 46.4 Å². The van der Waals surface area contributed by atoms with Crippen LogP contribution >= 0.6 is 0 Å². The number of nitrogens with two attached hydrogens (primary N) is 2. The van der Waals surface area contributed by atoms with Gasteiger partial charge in [0.15, 0.2) is 0 Å². The van der Waals surface area contributed by atoms with Crippen molar-refractivity contribution in [1.29, 1.82) is 0 Å². The second-order valence-corrected chi connectivity index (χ2v) is 7.40. The molecular formula is C25H24N4O2. The van der Waals surface area contributed by atoms with Crippen LogP contribution in [-0.4, -0.2) is 24.2 Å². The van der Waals surface area contributed by atoms with E-state index in [0.717, 1.165) is 11.3 Å². The number of aromatic nitrogens is 1. The number of rotatable bonds is 4. The molecule has 156 valence electrons. The topological polar surface area (TPSA) is 103 Å². The normalized spacial score (nSPS) is 11.8. The fourth-order valence-corrected chi connectivity index (χ4v) is 3.80. The molecule has 0 fully saturated rings. The van der Waals surface area contributed by atoms with Crippen LogP contribution in [0.25, 0.3) is 11.1 Å². The number of carbonyl (C=O) groups excluding carboxylic acids is 1. The van der Waals surface area contributed by atoms with Gasteiger partial charge in [-0.05, 0) is 35.2 Å². The first-order chi connectivity index (χ1) is 15.0. The number of fused-ring (bicyclic) bond motifs is 3. The highest BCUT2D eigenvalue weighted by Gasteiger charge is 2.28. The summed E-state index contributed by atoms with van der Waals surface area (Å²) in [7, 11) is 0. The van der Waals surface area contributed by atoms with Crippen LogP contribution in [-0.2, 0) is 4.74 Å². The standard InChI is InChI=1S/C25H24N4O2/c1-16-17(14-23(26)24(27)29-16)8-6-7-13-28-25(30)31-15-22-20-11-4-2-9-18(20)19-10-3-5-12-21(19)22/h2-5,9-12,14,22H,7,13,15,26H2,1H3,(H2,27,29)(H,28,30). The van der Waals surface area contributed by atoms with Gasteiger partial charge in [0, 0.05) is 24.4 Å². The van der Waals surface area contributed by atoms with E-state index in [4.69, 9.17) is 16.2 Å². The van der Waals surface area contributed by atoms with Gasteiger partial charge in [0.25, 0.3) is 0 Å². The number of aryl methyl sites for hydroxylation is 1. The first-order valence-electron chi connectivity index (χ1n) is 10.1. The van der Waals surface area contributed by atoms with E-state index >= 15 is 0 Å². The molecule has 4 rings (SSSR count). The molecule has 0 saturated carbocycles. The number of alkyl carbamates (subject to hydrolysis) is 1. The monoisotopic (exact) mass is 412 g/mol. The van der Waals surface area contributed by atoms with Gasteiger partial charge >= 0.3 is 6.09 Å². The van der Waals surface area contributed by atoms with E-state index in [-0.39, 0.29) is 5.92 Å². The molecule has 0 unspecified atom stereocenters. The highest BCUT2D eigenvalue weighted by molar-refractivity contribution is 5.79. The quantitative estimate of drug-likeness (QED) is 0.446. The number of carbonyl (C=O) groups is 1. The van der Waals surface area contributed by atoms with Crippen molar-refractivity contribution in [2.75, 3.05) is 24.6 Å². The molecule has 31 heavy (non-hydrogen) atoms. The molecule has 1 amide bonds. The minimum atomic E-state index is -0.446. The molecule has 0 bridgehead atoms. The number of hydrogen-bond acceptors (Lipinski definition) is 5. The maximum atomic E-state index is 12.2. The smallest absolute Gasteiger partial charge is 0.407 e. The summed E-state index contributed by atoms with van der Waals surface area (Å²) in [5.74, 6) is 6.38. The van der Waals surface area contributed by atoms with Crippen LogP contribution in [0, 0.1) is 18.8 Å². The van der Waals surface area contributed by atoms with Gasteiger partial charge in [0.2, 0.25) is 0 Å². The van der Waals surface area contributed by atoms with E-state index in [0.29, 0.717) is 31.1 Å². The van der Waals surface area contributed by atoms with Crippen LogP contribution in [0.15, 0.2) is 54.6 Å². The van der Waals surface area contributed by atoms with Gasteiger partial charge < -0.3 is 21.5 Å². The van der Waals surface area contributed by atoms with Gasteiger partial charge in [-0.3, -0.25) is 0 Å². The average molecular weight is 412 g/mol.